The van der Waals surface area contributed by atoms with Crippen LogP contribution in [0.15, 0.2) is 22.7 Å². The predicted octanol–water partition coefficient (Wildman–Crippen LogP) is 2.00. The smallest absolute Gasteiger partial charge is 0.257 e. The number of carbonyl (C=O) groups is 1. The van der Waals surface area contributed by atoms with Gasteiger partial charge in [-0.15, -0.1) is 0 Å². The highest BCUT2D eigenvalue weighted by Crippen LogP contribution is 2.26. The fraction of sp³-hybridized carbons (Fsp3) is 0.462. The molecule has 1 aromatic rings. The number of rotatable bonds is 3. The van der Waals surface area contributed by atoms with Crippen LogP contribution in [0, 0.1) is 5.92 Å². The number of amides is 1. The third-order valence-electron chi connectivity index (χ3n) is 3.30. The first-order valence-corrected chi connectivity index (χ1v) is 6.79. The van der Waals surface area contributed by atoms with Crippen LogP contribution in [0.1, 0.15) is 23.2 Å². The van der Waals surface area contributed by atoms with Gasteiger partial charge in [0, 0.05) is 24.2 Å². The van der Waals surface area contributed by atoms with E-state index >= 15 is 0 Å². The number of nitrogens with zero attached hydrogens (tertiary/aromatic N) is 1. The van der Waals surface area contributed by atoms with Crippen LogP contribution in [0.2, 0.25) is 0 Å². The van der Waals surface area contributed by atoms with E-state index < -0.39 is 0 Å². The highest BCUT2D eigenvalue weighted by molar-refractivity contribution is 9.10. The monoisotopic (exact) mass is 313 g/mol. The van der Waals surface area contributed by atoms with Crippen LogP contribution in [-0.2, 0) is 0 Å². The zero-order valence-corrected chi connectivity index (χ0v) is 11.6. The van der Waals surface area contributed by atoms with Gasteiger partial charge in [0.2, 0.25) is 0 Å². The Morgan fingerprint density at radius 3 is 2.94 bits per heavy atom. The molecule has 0 radical (unpaired) electrons. The van der Waals surface area contributed by atoms with E-state index in [1.54, 1.807) is 17.0 Å². The number of benzene rings is 1. The molecule has 0 aromatic heterocycles. The SMILES string of the molecule is O=C(c1ccc(Br)cc1O)N1CCC(CCO)C1. The lowest BCUT2D eigenvalue weighted by molar-refractivity contribution is 0.0781. The number of phenolic OH excluding ortho intramolecular Hbond substituents is 1. The molecule has 1 unspecified atom stereocenters. The summed E-state index contributed by atoms with van der Waals surface area (Å²) in [5.41, 5.74) is 0.336. The van der Waals surface area contributed by atoms with Crippen LogP contribution >= 0.6 is 15.9 Å². The molecule has 1 aliphatic rings. The lowest BCUT2D eigenvalue weighted by atomic mass is 10.1. The number of likely N-dealkylation sites (tertiary alicyclic amines) is 1. The minimum Gasteiger partial charge on any atom is -0.507 e. The molecule has 1 aliphatic heterocycles. The van der Waals surface area contributed by atoms with E-state index in [9.17, 15) is 9.90 Å². The largest absolute Gasteiger partial charge is 0.507 e. The Bertz CT molecular complexity index is 450. The van der Waals surface area contributed by atoms with E-state index in [0.717, 1.165) is 17.3 Å². The number of aliphatic hydroxyl groups excluding tert-OH is 1. The number of carbonyl (C=O) groups excluding carboxylic acids is 1. The first-order valence-electron chi connectivity index (χ1n) is 6.00. The van der Waals surface area contributed by atoms with Crippen molar-refractivity contribution in [3.05, 3.63) is 28.2 Å². The standard InChI is InChI=1S/C13H16BrNO3/c14-10-1-2-11(12(17)7-10)13(18)15-5-3-9(8-15)4-6-16/h1-2,7,9,16-17H,3-6,8H2. The number of phenols is 1. The van der Waals surface area contributed by atoms with Crippen molar-refractivity contribution in [1.82, 2.24) is 4.90 Å². The molecule has 1 aromatic carbocycles. The topological polar surface area (TPSA) is 60.8 Å². The first kappa shape index (κ1) is 13.4. The van der Waals surface area contributed by atoms with Crippen LogP contribution in [0.3, 0.4) is 0 Å². The third kappa shape index (κ3) is 2.84. The molecule has 1 heterocycles. The molecule has 0 spiro atoms. The number of aliphatic hydroxyl groups is 1. The maximum absolute atomic E-state index is 12.2. The number of halogens is 1. The summed E-state index contributed by atoms with van der Waals surface area (Å²) in [4.78, 5) is 14.0. The van der Waals surface area contributed by atoms with Crippen molar-refractivity contribution >= 4 is 21.8 Å². The number of hydrogen-bond acceptors (Lipinski definition) is 3. The van der Waals surface area contributed by atoms with Crippen molar-refractivity contribution < 1.29 is 15.0 Å². The lowest BCUT2D eigenvalue weighted by Crippen LogP contribution is -2.28. The highest BCUT2D eigenvalue weighted by Gasteiger charge is 2.27. The fourth-order valence-corrected chi connectivity index (χ4v) is 2.64. The molecular weight excluding hydrogens is 298 g/mol. The van der Waals surface area contributed by atoms with Gasteiger partial charge in [-0.2, -0.15) is 0 Å². The molecule has 0 saturated carbocycles. The molecule has 1 atom stereocenters. The molecule has 0 bridgehead atoms. The molecular formula is C13H16BrNO3. The van der Waals surface area contributed by atoms with Crippen molar-refractivity contribution in [3.63, 3.8) is 0 Å². The van der Waals surface area contributed by atoms with E-state index in [-0.39, 0.29) is 18.3 Å². The van der Waals surface area contributed by atoms with E-state index in [2.05, 4.69) is 15.9 Å². The molecule has 4 nitrogen and oxygen atoms in total. The minimum atomic E-state index is -0.138. The zero-order valence-electron chi connectivity index (χ0n) is 9.97. The Labute approximate surface area is 114 Å². The predicted molar refractivity (Wildman–Crippen MR) is 71.5 cm³/mol. The number of aromatic hydroxyl groups is 1. The van der Waals surface area contributed by atoms with Crippen LogP contribution in [0.25, 0.3) is 0 Å². The van der Waals surface area contributed by atoms with Crippen LogP contribution in [0.5, 0.6) is 5.75 Å². The summed E-state index contributed by atoms with van der Waals surface area (Å²) in [6.45, 7) is 1.52. The van der Waals surface area contributed by atoms with Crippen LogP contribution in [-0.4, -0.2) is 40.7 Å². The van der Waals surface area contributed by atoms with Gasteiger partial charge in [0.15, 0.2) is 0 Å². The van der Waals surface area contributed by atoms with Gasteiger partial charge >= 0.3 is 0 Å². The molecule has 98 valence electrons. The van der Waals surface area contributed by atoms with Gasteiger partial charge in [-0.3, -0.25) is 4.79 Å². The van der Waals surface area contributed by atoms with Crippen molar-refractivity contribution in [2.45, 2.75) is 12.8 Å². The highest BCUT2D eigenvalue weighted by atomic mass is 79.9. The summed E-state index contributed by atoms with van der Waals surface area (Å²) >= 11 is 3.25. The minimum absolute atomic E-state index is 0.0000156. The summed E-state index contributed by atoms with van der Waals surface area (Å²) in [6.07, 6.45) is 1.65. The molecule has 18 heavy (non-hydrogen) atoms. The van der Waals surface area contributed by atoms with E-state index in [1.165, 1.54) is 6.07 Å². The van der Waals surface area contributed by atoms with E-state index in [0.29, 0.717) is 24.6 Å². The average Bonchev–Trinajstić information content (AvgIpc) is 2.77. The zero-order chi connectivity index (χ0) is 13.1. The van der Waals surface area contributed by atoms with Crippen molar-refractivity contribution in [2.75, 3.05) is 19.7 Å². The summed E-state index contributed by atoms with van der Waals surface area (Å²) in [5, 5.41) is 18.7. The summed E-state index contributed by atoms with van der Waals surface area (Å²) in [5.74, 6) is 0.233. The summed E-state index contributed by atoms with van der Waals surface area (Å²) in [7, 11) is 0. The van der Waals surface area contributed by atoms with Gasteiger partial charge in [0.05, 0.1) is 5.56 Å². The van der Waals surface area contributed by atoms with Gasteiger partial charge < -0.3 is 15.1 Å². The quantitative estimate of drug-likeness (QED) is 0.897. The normalized spacial score (nSPS) is 19.2. The van der Waals surface area contributed by atoms with Crippen LogP contribution < -0.4 is 0 Å². The maximum Gasteiger partial charge on any atom is 0.257 e. The molecule has 1 saturated heterocycles. The lowest BCUT2D eigenvalue weighted by Gasteiger charge is -2.17. The van der Waals surface area contributed by atoms with E-state index in [4.69, 9.17) is 5.11 Å². The van der Waals surface area contributed by atoms with Gasteiger partial charge in [-0.25, -0.2) is 0 Å². The molecule has 5 heteroatoms. The Balaban J connectivity index is 2.08. The van der Waals surface area contributed by atoms with Crippen molar-refractivity contribution in [1.29, 1.82) is 0 Å². The summed E-state index contributed by atoms with van der Waals surface area (Å²) in [6, 6.07) is 4.89. The Morgan fingerprint density at radius 2 is 2.28 bits per heavy atom. The van der Waals surface area contributed by atoms with Crippen LogP contribution in [0.4, 0.5) is 0 Å². The molecule has 2 rings (SSSR count). The second-order valence-electron chi connectivity index (χ2n) is 4.58. The van der Waals surface area contributed by atoms with Gasteiger partial charge in [0.1, 0.15) is 5.75 Å². The number of hydrogen-bond donors (Lipinski definition) is 2. The molecule has 1 fully saturated rings. The Hall–Kier alpha value is -1.07. The Kier molecular flexibility index (Phi) is 4.24. The second-order valence-corrected chi connectivity index (χ2v) is 5.50. The van der Waals surface area contributed by atoms with Crippen molar-refractivity contribution in [2.24, 2.45) is 5.92 Å². The Morgan fingerprint density at radius 1 is 1.50 bits per heavy atom. The first-order chi connectivity index (χ1) is 8.61. The molecule has 2 N–H and O–H groups in total. The fourth-order valence-electron chi connectivity index (χ4n) is 2.29. The average molecular weight is 314 g/mol. The third-order valence-corrected chi connectivity index (χ3v) is 3.79. The summed E-state index contributed by atoms with van der Waals surface area (Å²) < 4.78 is 0.746. The van der Waals surface area contributed by atoms with Crippen molar-refractivity contribution in [3.8, 4) is 5.75 Å². The van der Waals surface area contributed by atoms with Gasteiger partial charge in [-0.05, 0) is 37.0 Å². The van der Waals surface area contributed by atoms with E-state index in [1.807, 2.05) is 0 Å². The second kappa shape index (κ2) is 5.71. The van der Waals surface area contributed by atoms with Gasteiger partial charge in [0.25, 0.3) is 5.91 Å². The molecule has 1 amide bonds. The maximum atomic E-state index is 12.2. The molecule has 0 aliphatic carbocycles. The van der Waals surface area contributed by atoms with Gasteiger partial charge in [-0.1, -0.05) is 15.9 Å².